The Bertz CT molecular complexity index is 917. The van der Waals surface area contributed by atoms with Crippen molar-refractivity contribution in [2.75, 3.05) is 71.1 Å². The number of rotatable bonds is 3. The maximum Gasteiger partial charge on any atom is 0.290 e. The van der Waals surface area contributed by atoms with Crippen molar-refractivity contribution in [2.24, 2.45) is 5.92 Å². The summed E-state index contributed by atoms with van der Waals surface area (Å²) >= 11 is 0. The van der Waals surface area contributed by atoms with Crippen molar-refractivity contribution in [1.82, 2.24) is 14.8 Å². The van der Waals surface area contributed by atoms with E-state index < -0.39 is 0 Å². The number of fused-ring (bicyclic) bond motifs is 4. The number of aromatic nitrogens is 1. The first-order valence-electron chi connectivity index (χ1n) is 11.5. The number of para-hydroxylation sites is 1. The fraction of sp³-hybridized carbons (Fsp3) is 0.542. The lowest BCUT2D eigenvalue weighted by Gasteiger charge is -2.33. The van der Waals surface area contributed by atoms with Crippen LogP contribution in [0.3, 0.4) is 0 Å². The van der Waals surface area contributed by atoms with E-state index in [-0.39, 0.29) is 12.9 Å². The molecule has 1 aromatic carbocycles. The molecule has 3 aliphatic rings. The van der Waals surface area contributed by atoms with Crippen LogP contribution in [0.2, 0.25) is 0 Å². The van der Waals surface area contributed by atoms with Crippen LogP contribution < -0.4 is 4.90 Å². The molecule has 2 aromatic rings. The van der Waals surface area contributed by atoms with Crippen molar-refractivity contribution in [3.8, 4) is 0 Å². The zero-order valence-corrected chi connectivity index (χ0v) is 19.6. The molecule has 2 atom stereocenters. The highest BCUT2D eigenvalue weighted by atomic mass is 16.5. The Morgan fingerprint density at radius 1 is 1.03 bits per heavy atom. The van der Waals surface area contributed by atoms with Crippen molar-refractivity contribution in [3.63, 3.8) is 0 Å². The SMILES string of the molecule is CN1C[C@@H]2COC[C@H](C1)N(Cc1cc3ccccc3nc1N1CCOCC1)C2.O=CO.O=CO. The van der Waals surface area contributed by atoms with E-state index in [0.29, 0.717) is 12.0 Å². The minimum Gasteiger partial charge on any atom is -0.483 e. The monoisotopic (exact) mass is 474 g/mol. The summed E-state index contributed by atoms with van der Waals surface area (Å²) in [6.45, 7) is 8.82. The quantitative estimate of drug-likeness (QED) is 0.630. The molecule has 0 spiro atoms. The fourth-order valence-corrected chi connectivity index (χ4v) is 4.89. The van der Waals surface area contributed by atoms with Crippen molar-refractivity contribution in [1.29, 1.82) is 0 Å². The van der Waals surface area contributed by atoms with E-state index in [2.05, 4.69) is 52.1 Å². The predicted octanol–water partition coefficient (Wildman–Crippen LogP) is 1.24. The summed E-state index contributed by atoms with van der Waals surface area (Å²) in [7, 11) is 2.24. The van der Waals surface area contributed by atoms with Crippen molar-refractivity contribution < 1.29 is 29.3 Å². The number of anilines is 1. The van der Waals surface area contributed by atoms with Crippen LogP contribution in [0.5, 0.6) is 0 Å². The molecule has 0 aliphatic carbocycles. The Morgan fingerprint density at radius 3 is 2.47 bits per heavy atom. The number of hydrogen-bond donors (Lipinski definition) is 2. The van der Waals surface area contributed by atoms with Crippen molar-refractivity contribution in [3.05, 3.63) is 35.9 Å². The molecule has 4 heterocycles. The number of ether oxygens (including phenoxy) is 2. The summed E-state index contributed by atoms with van der Waals surface area (Å²) < 4.78 is 11.6. The van der Waals surface area contributed by atoms with E-state index in [4.69, 9.17) is 34.3 Å². The molecule has 2 bridgehead atoms. The van der Waals surface area contributed by atoms with E-state index in [0.717, 1.165) is 77.0 Å². The van der Waals surface area contributed by atoms with E-state index in [1.54, 1.807) is 0 Å². The second-order valence-corrected chi connectivity index (χ2v) is 8.68. The first-order chi connectivity index (χ1) is 16.6. The first kappa shape index (κ1) is 25.8. The number of nitrogens with zero attached hydrogens (tertiary/aromatic N) is 4. The highest BCUT2D eigenvalue weighted by Gasteiger charge is 2.32. The van der Waals surface area contributed by atoms with Crippen LogP contribution in [0.1, 0.15) is 5.56 Å². The van der Waals surface area contributed by atoms with Crippen molar-refractivity contribution >= 4 is 29.7 Å². The number of pyridine rings is 1. The molecule has 0 unspecified atom stereocenters. The fourth-order valence-electron chi connectivity index (χ4n) is 4.89. The second-order valence-electron chi connectivity index (χ2n) is 8.68. The lowest BCUT2D eigenvalue weighted by molar-refractivity contribution is -0.123. The second kappa shape index (κ2) is 13.2. The van der Waals surface area contributed by atoms with Crippen LogP contribution >= 0.6 is 0 Å². The van der Waals surface area contributed by atoms with Crippen LogP contribution in [0.4, 0.5) is 5.82 Å². The van der Waals surface area contributed by atoms with E-state index >= 15 is 0 Å². The molecule has 1 aromatic heterocycles. The normalized spacial score (nSPS) is 23.0. The van der Waals surface area contributed by atoms with Gasteiger partial charge in [0.2, 0.25) is 0 Å². The lowest BCUT2D eigenvalue weighted by atomic mass is 10.1. The molecular formula is C24H34N4O6. The summed E-state index contributed by atoms with van der Waals surface area (Å²) in [6.07, 6.45) is 0. The number of carbonyl (C=O) groups is 2. The molecule has 3 aliphatic heterocycles. The molecule has 2 N–H and O–H groups in total. The number of morpholine rings is 1. The number of carboxylic acid groups (broad SMARTS) is 2. The van der Waals surface area contributed by atoms with Gasteiger partial charge in [-0.25, -0.2) is 4.98 Å². The van der Waals surface area contributed by atoms with Crippen molar-refractivity contribution in [2.45, 2.75) is 12.6 Å². The molecule has 10 nitrogen and oxygen atoms in total. The smallest absolute Gasteiger partial charge is 0.290 e. The van der Waals surface area contributed by atoms with Gasteiger partial charge < -0.3 is 29.5 Å². The van der Waals surface area contributed by atoms with Gasteiger partial charge in [-0.3, -0.25) is 14.5 Å². The van der Waals surface area contributed by atoms with Crippen LogP contribution in [0.25, 0.3) is 10.9 Å². The molecule has 0 amide bonds. The van der Waals surface area contributed by atoms with Gasteiger partial charge in [-0.1, -0.05) is 18.2 Å². The van der Waals surface area contributed by atoms with Crippen LogP contribution in [0.15, 0.2) is 30.3 Å². The average Bonchev–Trinajstić information content (AvgIpc) is 3.09. The van der Waals surface area contributed by atoms with Gasteiger partial charge in [0.1, 0.15) is 5.82 Å². The topological polar surface area (TPSA) is 116 Å². The molecule has 5 rings (SSSR count). The first-order valence-corrected chi connectivity index (χ1v) is 11.5. The maximum absolute atomic E-state index is 8.36. The minimum atomic E-state index is -0.250. The molecule has 186 valence electrons. The van der Waals surface area contributed by atoms with Crippen LogP contribution in [-0.2, 0) is 25.6 Å². The number of likely N-dealkylation sites (N-methyl/N-ethyl adjacent to an activating group) is 1. The molecule has 34 heavy (non-hydrogen) atoms. The summed E-state index contributed by atoms with van der Waals surface area (Å²) in [5.41, 5.74) is 2.40. The lowest BCUT2D eigenvalue weighted by Crippen LogP contribution is -2.43. The summed E-state index contributed by atoms with van der Waals surface area (Å²) in [5.74, 6) is 1.72. The number of benzene rings is 1. The number of hydrogen-bond acceptors (Lipinski definition) is 8. The highest BCUT2D eigenvalue weighted by molar-refractivity contribution is 5.81. The minimum absolute atomic E-state index is 0.250. The van der Waals surface area contributed by atoms with Gasteiger partial charge in [-0.2, -0.15) is 0 Å². The van der Waals surface area contributed by atoms with E-state index in [9.17, 15) is 0 Å². The zero-order valence-electron chi connectivity index (χ0n) is 19.6. The van der Waals surface area contributed by atoms with E-state index in [1.165, 1.54) is 10.9 Å². The maximum atomic E-state index is 8.36. The third-order valence-corrected chi connectivity index (χ3v) is 6.23. The van der Waals surface area contributed by atoms with Gasteiger partial charge in [-0.15, -0.1) is 0 Å². The highest BCUT2D eigenvalue weighted by Crippen LogP contribution is 2.28. The van der Waals surface area contributed by atoms with Gasteiger partial charge >= 0.3 is 0 Å². The molecule has 3 saturated heterocycles. The standard InChI is InChI=1S/C22H30N4O2.2CH2O2/c1-24-11-17-12-26(20(14-24)16-28-15-17)13-19-10-18-4-2-3-5-21(18)23-22(19)25-6-8-27-9-7-25;2*2-1-3/h2-5,10,17,20H,6-9,11-16H2,1H3;2*1H,(H,2,3)/t17-,20-;;/m0../s1. The summed E-state index contributed by atoms with van der Waals surface area (Å²) in [5, 5.41) is 15.0. The Hall–Kier alpha value is -2.79. The molecule has 3 fully saturated rings. The van der Waals surface area contributed by atoms with Gasteiger partial charge in [-0.05, 0) is 19.2 Å². The van der Waals surface area contributed by atoms with Gasteiger partial charge in [0.15, 0.2) is 0 Å². The Kier molecular flexibility index (Phi) is 10.0. The van der Waals surface area contributed by atoms with E-state index in [1.807, 2.05) is 0 Å². The predicted molar refractivity (Wildman–Crippen MR) is 128 cm³/mol. The van der Waals surface area contributed by atoms with Gasteiger partial charge in [0.05, 0.1) is 31.9 Å². The largest absolute Gasteiger partial charge is 0.483 e. The van der Waals surface area contributed by atoms with Crippen LogP contribution in [-0.4, -0.2) is 110 Å². The van der Waals surface area contributed by atoms with Crippen LogP contribution in [0, 0.1) is 5.92 Å². The van der Waals surface area contributed by atoms with Gasteiger partial charge in [0.25, 0.3) is 12.9 Å². The molecule has 10 heteroatoms. The Morgan fingerprint density at radius 2 is 1.74 bits per heavy atom. The molecular weight excluding hydrogens is 440 g/mol. The third kappa shape index (κ3) is 6.86. The Labute approximate surface area is 199 Å². The zero-order chi connectivity index (χ0) is 24.3. The molecule has 0 radical (unpaired) electrons. The summed E-state index contributed by atoms with van der Waals surface area (Å²) in [6, 6.07) is 11.3. The average molecular weight is 475 g/mol. The summed E-state index contributed by atoms with van der Waals surface area (Å²) in [4.78, 5) is 29.3. The Balaban J connectivity index is 0.000000492. The van der Waals surface area contributed by atoms with Gasteiger partial charge in [0, 0.05) is 62.2 Å². The molecule has 0 saturated carbocycles. The third-order valence-electron chi connectivity index (χ3n) is 6.23.